The van der Waals surface area contributed by atoms with Crippen LogP contribution in [0.5, 0.6) is 0 Å². The highest BCUT2D eigenvalue weighted by Gasteiger charge is 2.42. The van der Waals surface area contributed by atoms with Crippen LogP contribution < -0.4 is 0 Å². The first-order valence-electron chi connectivity index (χ1n) is 6.84. The lowest BCUT2D eigenvalue weighted by Crippen LogP contribution is -2.28. The molecule has 4 N–H and O–H groups in total. The lowest BCUT2D eigenvalue weighted by atomic mass is 10.1. The molecule has 5 unspecified atom stereocenters. The molecule has 24 heavy (non-hydrogen) atoms. The van der Waals surface area contributed by atoms with Gasteiger partial charge < -0.3 is 29.0 Å². The Morgan fingerprint density at radius 1 is 1.08 bits per heavy atom. The third-order valence-corrected chi connectivity index (χ3v) is 6.81. The third kappa shape index (κ3) is 8.14. The molecule has 0 bridgehead atoms. The monoisotopic (exact) mass is 414 g/mol. The number of phosphoric ester groups is 1. The van der Waals surface area contributed by atoms with Gasteiger partial charge in [0.1, 0.15) is 6.10 Å². The molecule has 0 saturated carbocycles. The Labute approximate surface area is 138 Å². The van der Waals surface area contributed by atoms with Crippen molar-refractivity contribution in [2.75, 3.05) is 13.7 Å². The summed E-state index contributed by atoms with van der Waals surface area (Å²) in [6, 6.07) is 0. The predicted octanol–water partition coefficient (Wildman–Crippen LogP) is 1.30. The number of hydrogen-bond acceptors (Lipinski definition) is 8. The SMILES string of the molecule is CCCC1CC(OC)C(COP(=O)(O)OP(=O)(O)OP(=O)(O)O)O1. The van der Waals surface area contributed by atoms with E-state index in [2.05, 4.69) is 13.1 Å². The smallest absolute Gasteiger partial charge is 0.379 e. The molecule has 0 aliphatic carbocycles. The molecule has 1 aliphatic heterocycles. The number of phosphoric acid groups is 3. The summed E-state index contributed by atoms with van der Waals surface area (Å²) in [5.41, 5.74) is 0. The van der Waals surface area contributed by atoms with Gasteiger partial charge in [0.2, 0.25) is 0 Å². The summed E-state index contributed by atoms with van der Waals surface area (Å²) in [4.78, 5) is 35.3. The summed E-state index contributed by atoms with van der Waals surface area (Å²) >= 11 is 0. The highest BCUT2D eigenvalue weighted by Crippen LogP contribution is 2.66. The maximum Gasteiger partial charge on any atom is 0.490 e. The second-order valence-corrected chi connectivity index (χ2v) is 9.40. The van der Waals surface area contributed by atoms with Gasteiger partial charge in [-0.3, -0.25) is 4.52 Å². The van der Waals surface area contributed by atoms with Crippen LogP contribution >= 0.6 is 23.5 Å². The van der Waals surface area contributed by atoms with E-state index in [9.17, 15) is 18.6 Å². The first-order valence-corrected chi connectivity index (χ1v) is 11.4. The van der Waals surface area contributed by atoms with Crippen LogP contribution in [0, 0.1) is 0 Å². The molecular formula is C9H21O12P3. The average molecular weight is 414 g/mol. The van der Waals surface area contributed by atoms with Crippen LogP contribution in [0.2, 0.25) is 0 Å². The van der Waals surface area contributed by atoms with E-state index in [0.29, 0.717) is 6.42 Å². The van der Waals surface area contributed by atoms with Crippen molar-refractivity contribution in [2.45, 2.75) is 44.5 Å². The Balaban J connectivity index is 2.60. The van der Waals surface area contributed by atoms with Gasteiger partial charge in [-0.15, -0.1) is 0 Å². The van der Waals surface area contributed by atoms with Gasteiger partial charge in [0.25, 0.3) is 0 Å². The minimum absolute atomic E-state index is 0.116. The summed E-state index contributed by atoms with van der Waals surface area (Å²) in [7, 11) is -14.6. The predicted molar refractivity (Wildman–Crippen MR) is 78.8 cm³/mol. The molecule has 0 aromatic heterocycles. The number of methoxy groups -OCH3 is 1. The largest absolute Gasteiger partial charge is 0.490 e. The van der Waals surface area contributed by atoms with E-state index >= 15 is 0 Å². The van der Waals surface area contributed by atoms with Crippen LogP contribution in [-0.4, -0.2) is 51.6 Å². The first-order chi connectivity index (χ1) is 10.9. The van der Waals surface area contributed by atoms with Crippen molar-refractivity contribution in [2.24, 2.45) is 0 Å². The molecule has 1 rings (SSSR count). The van der Waals surface area contributed by atoms with Crippen molar-refractivity contribution in [3.63, 3.8) is 0 Å². The van der Waals surface area contributed by atoms with Crippen molar-refractivity contribution in [3.8, 4) is 0 Å². The van der Waals surface area contributed by atoms with Gasteiger partial charge in [-0.25, -0.2) is 13.7 Å². The highest BCUT2D eigenvalue weighted by atomic mass is 31.3. The maximum atomic E-state index is 11.6. The van der Waals surface area contributed by atoms with E-state index in [0.717, 1.165) is 12.8 Å². The molecule has 1 saturated heterocycles. The normalized spacial score (nSPS) is 30.0. The van der Waals surface area contributed by atoms with Gasteiger partial charge in [-0.1, -0.05) is 13.3 Å². The van der Waals surface area contributed by atoms with Gasteiger partial charge in [-0.2, -0.15) is 8.62 Å². The molecule has 1 aliphatic rings. The van der Waals surface area contributed by atoms with Crippen LogP contribution in [0.15, 0.2) is 0 Å². The lowest BCUT2D eigenvalue weighted by Gasteiger charge is -2.20. The summed E-state index contributed by atoms with van der Waals surface area (Å²) in [6.45, 7) is 1.47. The van der Waals surface area contributed by atoms with Gasteiger partial charge in [0.15, 0.2) is 0 Å². The molecule has 5 atom stereocenters. The second-order valence-electron chi connectivity index (χ2n) is 4.98. The molecule has 0 aromatic carbocycles. The van der Waals surface area contributed by atoms with Crippen molar-refractivity contribution < 1.29 is 55.9 Å². The average Bonchev–Trinajstić information content (AvgIpc) is 2.75. The molecule has 0 radical (unpaired) electrons. The molecule has 12 nitrogen and oxygen atoms in total. The fourth-order valence-corrected chi connectivity index (χ4v) is 5.20. The summed E-state index contributed by atoms with van der Waals surface area (Å²) < 4.78 is 55.9. The standard InChI is InChI=1S/C9H21O12P3/c1-3-4-7-5-8(17-2)9(19-7)6-18-23(13,14)21-24(15,16)20-22(10,11)12/h7-9H,3-6H2,1-2H3,(H,13,14)(H,15,16)(H2,10,11,12). The van der Waals surface area contributed by atoms with Gasteiger partial charge in [0, 0.05) is 13.5 Å². The molecule has 0 spiro atoms. The molecule has 15 heteroatoms. The Kier molecular flexibility index (Phi) is 8.22. The van der Waals surface area contributed by atoms with Crippen molar-refractivity contribution in [3.05, 3.63) is 0 Å². The van der Waals surface area contributed by atoms with E-state index in [1.54, 1.807) is 0 Å². The van der Waals surface area contributed by atoms with Crippen molar-refractivity contribution in [1.82, 2.24) is 0 Å². The molecular weight excluding hydrogens is 393 g/mol. The minimum atomic E-state index is -5.52. The Hall–Kier alpha value is 0.330. The molecule has 0 amide bonds. The van der Waals surface area contributed by atoms with Crippen molar-refractivity contribution in [1.29, 1.82) is 0 Å². The van der Waals surface area contributed by atoms with Gasteiger partial charge >= 0.3 is 23.5 Å². The van der Waals surface area contributed by atoms with E-state index in [1.807, 2.05) is 6.92 Å². The van der Waals surface area contributed by atoms with E-state index < -0.39 is 42.3 Å². The molecule has 1 fully saturated rings. The lowest BCUT2D eigenvalue weighted by molar-refractivity contribution is -0.0346. The van der Waals surface area contributed by atoms with Gasteiger partial charge in [0.05, 0.1) is 18.8 Å². The zero-order valence-corrected chi connectivity index (χ0v) is 15.6. The number of ether oxygens (including phenoxy) is 2. The first kappa shape index (κ1) is 22.4. The van der Waals surface area contributed by atoms with Crippen LogP contribution in [0.1, 0.15) is 26.2 Å². The van der Waals surface area contributed by atoms with Crippen LogP contribution in [-0.2, 0) is 36.3 Å². The number of rotatable bonds is 10. The summed E-state index contributed by atoms with van der Waals surface area (Å²) in [6.07, 6.45) is 0.934. The summed E-state index contributed by atoms with van der Waals surface area (Å²) in [5, 5.41) is 0. The van der Waals surface area contributed by atoms with E-state index in [4.69, 9.17) is 24.2 Å². The maximum absolute atomic E-state index is 11.6. The minimum Gasteiger partial charge on any atom is -0.379 e. The van der Waals surface area contributed by atoms with Crippen LogP contribution in [0.25, 0.3) is 0 Å². The highest BCUT2D eigenvalue weighted by molar-refractivity contribution is 7.66. The van der Waals surface area contributed by atoms with Crippen LogP contribution in [0.3, 0.4) is 0 Å². The van der Waals surface area contributed by atoms with Gasteiger partial charge in [-0.05, 0) is 6.42 Å². The number of hydrogen-bond donors (Lipinski definition) is 4. The fourth-order valence-electron chi connectivity index (χ4n) is 2.17. The Morgan fingerprint density at radius 3 is 2.21 bits per heavy atom. The van der Waals surface area contributed by atoms with Crippen molar-refractivity contribution >= 4 is 23.5 Å². The third-order valence-electron chi connectivity index (χ3n) is 3.01. The zero-order valence-electron chi connectivity index (χ0n) is 13.0. The quantitative estimate of drug-likeness (QED) is 0.377. The fraction of sp³-hybridized carbons (Fsp3) is 1.00. The second kappa shape index (κ2) is 8.81. The van der Waals surface area contributed by atoms with Crippen LogP contribution in [0.4, 0.5) is 0 Å². The Bertz CT molecular complexity index is 546. The van der Waals surface area contributed by atoms with E-state index in [1.165, 1.54) is 7.11 Å². The van der Waals surface area contributed by atoms with E-state index in [-0.39, 0.29) is 6.10 Å². The topological polar surface area (TPSA) is 178 Å². The summed E-state index contributed by atoms with van der Waals surface area (Å²) in [5.74, 6) is 0. The molecule has 144 valence electrons. The molecule has 1 heterocycles. The Morgan fingerprint density at radius 2 is 1.71 bits per heavy atom. The zero-order chi connectivity index (χ0) is 18.6. The molecule has 0 aromatic rings.